The van der Waals surface area contributed by atoms with Gasteiger partial charge >= 0.3 is 0 Å². The molecule has 0 radical (unpaired) electrons. The number of nitro groups is 1. The van der Waals surface area contributed by atoms with Gasteiger partial charge in [-0.15, -0.1) is 0 Å². The van der Waals surface area contributed by atoms with Crippen molar-refractivity contribution in [3.8, 4) is 0 Å². The maximum absolute atomic E-state index is 12.3. The molecule has 0 aliphatic carbocycles. The Morgan fingerprint density at radius 1 is 0.867 bits per heavy atom. The third-order valence-electron chi connectivity index (χ3n) is 4.75. The van der Waals surface area contributed by atoms with Gasteiger partial charge in [0.15, 0.2) is 0 Å². The van der Waals surface area contributed by atoms with Crippen molar-refractivity contribution in [3.05, 3.63) is 64.2 Å². The molecule has 0 unspecified atom stereocenters. The van der Waals surface area contributed by atoms with Crippen molar-refractivity contribution < 1.29 is 14.5 Å². The minimum atomic E-state index is -0.514. The zero-order valence-electron chi connectivity index (χ0n) is 17.4. The summed E-state index contributed by atoms with van der Waals surface area (Å²) in [6.45, 7) is 2.20. The van der Waals surface area contributed by atoms with Crippen LogP contribution in [0.3, 0.4) is 0 Å². The van der Waals surface area contributed by atoms with E-state index in [4.69, 9.17) is 0 Å². The highest BCUT2D eigenvalue weighted by atomic mass is 16.6. The van der Waals surface area contributed by atoms with E-state index in [1.54, 1.807) is 30.3 Å². The molecule has 0 aromatic heterocycles. The van der Waals surface area contributed by atoms with E-state index in [1.165, 1.54) is 50.3 Å². The molecule has 0 spiro atoms. The van der Waals surface area contributed by atoms with Gasteiger partial charge in [-0.3, -0.25) is 19.7 Å². The van der Waals surface area contributed by atoms with E-state index >= 15 is 0 Å². The minimum absolute atomic E-state index is 0.0302. The molecule has 0 heterocycles. The van der Waals surface area contributed by atoms with Crippen LogP contribution in [0.1, 0.15) is 68.6 Å². The first kappa shape index (κ1) is 23.1. The van der Waals surface area contributed by atoms with Crippen LogP contribution in [0.15, 0.2) is 48.5 Å². The zero-order chi connectivity index (χ0) is 21.8. The molecule has 0 atom stereocenters. The average molecular weight is 412 g/mol. The number of hydrogen-bond donors (Lipinski definition) is 2. The second-order valence-electron chi connectivity index (χ2n) is 7.26. The predicted molar refractivity (Wildman–Crippen MR) is 119 cm³/mol. The van der Waals surface area contributed by atoms with Gasteiger partial charge in [-0.25, -0.2) is 0 Å². The highest BCUT2D eigenvalue weighted by Gasteiger charge is 2.10. The molecule has 2 rings (SSSR count). The molecular formula is C23H29N3O4. The molecule has 0 saturated carbocycles. The molecule has 7 heteroatoms. The second kappa shape index (κ2) is 12.4. The molecule has 0 aliphatic rings. The monoisotopic (exact) mass is 411 g/mol. The number of non-ortho nitro benzene ring substituents is 1. The highest BCUT2D eigenvalue weighted by molar-refractivity contribution is 6.04. The van der Waals surface area contributed by atoms with Gasteiger partial charge in [-0.05, 0) is 36.8 Å². The fraction of sp³-hybridized carbons (Fsp3) is 0.391. The summed E-state index contributed by atoms with van der Waals surface area (Å²) in [6, 6.07) is 12.3. The SMILES string of the molecule is CCCCCCCCCC(=O)Nc1ccc(C(=O)Nc2cccc([N+](=O)[O-])c2)cc1. The van der Waals surface area contributed by atoms with Crippen molar-refractivity contribution in [3.63, 3.8) is 0 Å². The van der Waals surface area contributed by atoms with Gasteiger partial charge in [0.1, 0.15) is 0 Å². The number of amides is 2. The van der Waals surface area contributed by atoms with E-state index in [-0.39, 0.29) is 17.5 Å². The van der Waals surface area contributed by atoms with Crippen LogP contribution in [0.2, 0.25) is 0 Å². The number of nitrogens with one attached hydrogen (secondary N) is 2. The van der Waals surface area contributed by atoms with Crippen molar-refractivity contribution in [1.82, 2.24) is 0 Å². The van der Waals surface area contributed by atoms with Gasteiger partial charge in [0, 0.05) is 35.5 Å². The fourth-order valence-electron chi connectivity index (χ4n) is 3.07. The summed E-state index contributed by atoms with van der Waals surface area (Å²) in [5.41, 5.74) is 1.29. The maximum atomic E-state index is 12.3. The molecule has 7 nitrogen and oxygen atoms in total. The van der Waals surface area contributed by atoms with Gasteiger partial charge in [0.25, 0.3) is 11.6 Å². The topological polar surface area (TPSA) is 101 Å². The number of nitro benzene ring substituents is 1. The zero-order valence-corrected chi connectivity index (χ0v) is 17.4. The number of benzene rings is 2. The molecule has 0 fully saturated rings. The van der Waals surface area contributed by atoms with Crippen LogP contribution in [0.25, 0.3) is 0 Å². The van der Waals surface area contributed by atoms with Crippen LogP contribution in [0, 0.1) is 10.1 Å². The van der Waals surface area contributed by atoms with Gasteiger partial charge in [0.05, 0.1) is 4.92 Å². The molecule has 2 aromatic rings. The Bertz CT molecular complexity index is 850. The average Bonchev–Trinajstić information content (AvgIpc) is 2.73. The van der Waals surface area contributed by atoms with Gasteiger partial charge in [0.2, 0.25) is 5.91 Å². The predicted octanol–water partition coefficient (Wildman–Crippen LogP) is 5.93. The Balaban J connectivity index is 1.77. The van der Waals surface area contributed by atoms with Crippen molar-refractivity contribution in [1.29, 1.82) is 0 Å². The molecule has 160 valence electrons. The van der Waals surface area contributed by atoms with E-state index in [9.17, 15) is 19.7 Å². The molecular weight excluding hydrogens is 382 g/mol. The van der Waals surface area contributed by atoms with Crippen LogP contribution in [-0.2, 0) is 4.79 Å². The van der Waals surface area contributed by atoms with E-state index in [2.05, 4.69) is 17.6 Å². The van der Waals surface area contributed by atoms with Gasteiger partial charge in [-0.2, -0.15) is 0 Å². The first-order valence-corrected chi connectivity index (χ1v) is 10.5. The lowest BCUT2D eigenvalue weighted by molar-refractivity contribution is -0.384. The molecule has 30 heavy (non-hydrogen) atoms. The van der Waals surface area contributed by atoms with Crippen LogP contribution >= 0.6 is 0 Å². The number of rotatable bonds is 12. The second-order valence-corrected chi connectivity index (χ2v) is 7.26. The number of carbonyl (C=O) groups is 2. The summed E-state index contributed by atoms with van der Waals surface area (Å²) < 4.78 is 0. The summed E-state index contributed by atoms with van der Waals surface area (Å²) >= 11 is 0. The number of hydrogen-bond acceptors (Lipinski definition) is 4. The van der Waals surface area contributed by atoms with E-state index in [0.717, 1.165) is 12.8 Å². The number of nitrogens with zero attached hydrogens (tertiary/aromatic N) is 1. The lowest BCUT2D eigenvalue weighted by Crippen LogP contribution is -2.13. The first-order chi connectivity index (χ1) is 14.5. The van der Waals surface area contributed by atoms with Crippen molar-refractivity contribution in [2.75, 3.05) is 10.6 Å². The van der Waals surface area contributed by atoms with E-state index in [0.29, 0.717) is 23.4 Å². The summed E-state index contributed by atoms with van der Waals surface area (Å²) in [6.07, 6.45) is 8.61. The standard InChI is InChI=1S/C23H29N3O4/c1-2-3-4-5-6-7-8-12-22(27)24-19-15-13-18(14-16-19)23(28)25-20-10-9-11-21(17-20)26(29)30/h9-11,13-17H,2-8,12H2,1H3,(H,24,27)(H,25,28). The smallest absolute Gasteiger partial charge is 0.271 e. The van der Waals surface area contributed by atoms with Crippen LogP contribution in [0.4, 0.5) is 17.1 Å². The normalized spacial score (nSPS) is 10.4. The first-order valence-electron chi connectivity index (χ1n) is 10.5. The largest absolute Gasteiger partial charge is 0.326 e. The number of carbonyl (C=O) groups excluding carboxylic acids is 2. The summed E-state index contributed by atoms with van der Waals surface area (Å²) in [7, 11) is 0. The third kappa shape index (κ3) is 8.03. The Labute approximate surface area is 177 Å². The Morgan fingerprint density at radius 2 is 1.53 bits per heavy atom. The van der Waals surface area contributed by atoms with Crippen molar-refractivity contribution in [2.45, 2.75) is 58.3 Å². The highest BCUT2D eigenvalue weighted by Crippen LogP contribution is 2.18. The molecule has 2 aromatic carbocycles. The summed E-state index contributed by atoms with van der Waals surface area (Å²) in [5, 5.41) is 16.3. The summed E-state index contributed by atoms with van der Waals surface area (Å²) in [4.78, 5) is 34.7. The van der Waals surface area contributed by atoms with E-state index in [1.807, 2.05) is 0 Å². The molecule has 2 N–H and O–H groups in total. The van der Waals surface area contributed by atoms with Gasteiger partial charge in [-0.1, -0.05) is 51.5 Å². The van der Waals surface area contributed by atoms with E-state index < -0.39 is 4.92 Å². The van der Waals surface area contributed by atoms with Crippen molar-refractivity contribution >= 4 is 28.9 Å². The molecule has 0 aliphatic heterocycles. The van der Waals surface area contributed by atoms with Gasteiger partial charge < -0.3 is 10.6 Å². The Hall–Kier alpha value is -3.22. The molecule has 2 amide bonds. The molecule has 0 saturated heterocycles. The lowest BCUT2D eigenvalue weighted by atomic mass is 10.1. The number of unbranched alkanes of at least 4 members (excludes halogenated alkanes) is 6. The minimum Gasteiger partial charge on any atom is -0.326 e. The Morgan fingerprint density at radius 3 is 2.20 bits per heavy atom. The van der Waals surface area contributed by atoms with Crippen LogP contribution < -0.4 is 10.6 Å². The third-order valence-corrected chi connectivity index (χ3v) is 4.75. The van der Waals surface area contributed by atoms with Crippen LogP contribution in [-0.4, -0.2) is 16.7 Å². The quantitative estimate of drug-likeness (QED) is 0.257. The summed E-state index contributed by atoms with van der Waals surface area (Å²) in [5.74, 6) is -0.409. The molecule has 0 bridgehead atoms. The number of anilines is 2. The lowest BCUT2D eigenvalue weighted by Gasteiger charge is -2.08. The van der Waals surface area contributed by atoms with Crippen LogP contribution in [0.5, 0.6) is 0 Å². The van der Waals surface area contributed by atoms with Crippen molar-refractivity contribution in [2.24, 2.45) is 0 Å². The fourth-order valence-corrected chi connectivity index (χ4v) is 3.07. The Kier molecular flexibility index (Phi) is 9.51. The maximum Gasteiger partial charge on any atom is 0.271 e.